The topological polar surface area (TPSA) is 45.5 Å². The van der Waals surface area contributed by atoms with Crippen LogP contribution >= 0.6 is 34.2 Å². The molecule has 1 aromatic heterocycles. The summed E-state index contributed by atoms with van der Waals surface area (Å²) in [6.07, 6.45) is 5.35. The fourth-order valence-electron chi connectivity index (χ4n) is 3.08. The maximum Gasteiger partial charge on any atom is 0.252 e. The standard InChI is InChI=1S/C18H20ClIN2O2/c19-13-6-7-14(15(20)11-13)18(23)21-12-16(17-5-4-10-24-17)22-8-2-1-3-9-22/h4-7,10-11,16H,1-3,8-9,12H2,(H,21,23). The Morgan fingerprint density at radius 1 is 1.29 bits per heavy atom. The van der Waals surface area contributed by atoms with Crippen LogP contribution in [-0.4, -0.2) is 30.4 Å². The van der Waals surface area contributed by atoms with E-state index in [1.54, 1.807) is 24.5 Å². The molecule has 3 rings (SSSR count). The number of rotatable bonds is 5. The summed E-state index contributed by atoms with van der Waals surface area (Å²) in [5.74, 6) is 0.827. The van der Waals surface area contributed by atoms with E-state index in [4.69, 9.17) is 16.0 Å². The van der Waals surface area contributed by atoms with Crippen LogP contribution in [0, 0.1) is 3.57 Å². The molecule has 24 heavy (non-hydrogen) atoms. The fourth-order valence-corrected chi connectivity index (χ4v) is 4.20. The lowest BCUT2D eigenvalue weighted by molar-refractivity contribution is 0.0913. The van der Waals surface area contributed by atoms with Gasteiger partial charge in [0.2, 0.25) is 0 Å². The summed E-state index contributed by atoms with van der Waals surface area (Å²) < 4.78 is 6.47. The van der Waals surface area contributed by atoms with Crippen LogP contribution in [0.15, 0.2) is 41.0 Å². The Morgan fingerprint density at radius 2 is 2.08 bits per heavy atom. The molecule has 4 nitrogen and oxygen atoms in total. The van der Waals surface area contributed by atoms with Gasteiger partial charge in [0.05, 0.1) is 17.9 Å². The number of hydrogen-bond acceptors (Lipinski definition) is 3. The largest absolute Gasteiger partial charge is 0.468 e. The SMILES string of the molecule is O=C(NCC(c1ccco1)N1CCCCC1)c1ccc(Cl)cc1I. The molecule has 1 N–H and O–H groups in total. The van der Waals surface area contributed by atoms with Crippen LogP contribution < -0.4 is 5.32 Å². The molecule has 0 aliphatic carbocycles. The molecule has 6 heteroatoms. The number of carbonyl (C=O) groups is 1. The van der Waals surface area contributed by atoms with E-state index in [-0.39, 0.29) is 11.9 Å². The lowest BCUT2D eigenvalue weighted by Crippen LogP contribution is -2.40. The number of halogens is 2. The Labute approximate surface area is 160 Å². The van der Waals surface area contributed by atoms with Crippen molar-refractivity contribution in [3.63, 3.8) is 0 Å². The zero-order valence-corrected chi connectivity index (χ0v) is 16.2. The monoisotopic (exact) mass is 458 g/mol. The first-order chi connectivity index (χ1) is 11.6. The van der Waals surface area contributed by atoms with Gasteiger partial charge in [0, 0.05) is 15.1 Å². The zero-order chi connectivity index (χ0) is 16.9. The van der Waals surface area contributed by atoms with Gasteiger partial charge in [-0.05, 0) is 78.9 Å². The van der Waals surface area contributed by atoms with E-state index < -0.39 is 0 Å². The van der Waals surface area contributed by atoms with Gasteiger partial charge in [-0.2, -0.15) is 0 Å². The number of nitrogens with one attached hydrogen (secondary N) is 1. The Kier molecular flexibility index (Phi) is 6.19. The number of benzene rings is 1. The van der Waals surface area contributed by atoms with Crippen molar-refractivity contribution in [2.45, 2.75) is 25.3 Å². The molecule has 1 amide bonds. The highest BCUT2D eigenvalue weighted by atomic mass is 127. The first kappa shape index (κ1) is 17.8. The van der Waals surface area contributed by atoms with Crippen LogP contribution in [0.5, 0.6) is 0 Å². The number of likely N-dealkylation sites (tertiary alicyclic amines) is 1. The summed E-state index contributed by atoms with van der Waals surface area (Å²) in [5, 5.41) is 3.69. The van der Waals surface area contributed by atoms with Crippen LogP contribution in [0.1, 0.15) is 41.4 Å². The van der Waals surface area contributed by atoms with Crippen LogP contribution in [0.4, 0.5) is 0 Å². The fraction of sp³-hybridized carbons (Fsp3) is 0.389. The molecule has 1 unspecified atom stereocenters. The van der Waals surface area contributed by atoms with Crippen molar-refractivity contribution in [2.75, 3.05) is 19.6 Å². The van der Waals surface area contributed by atoms with Crippen molar-refractivity contribution in [2.24, 2.45) is 0 Å². The highest BCUT2D eigenvalue weighted by molar-refractivity contribution is 14.1. The third-order valence-electron chi connectivity index (χ3n) is 4.33. The van der Waals surface area contributed by atoms with Crippen LogP contribution in [0.3, 0.4) is 0 Å². The minimum absolute atomic E-state index is 0.0780. The van der Waals surface area contributed by atoms with E-state index in [9.17, 15) is 4.79 Å². The Bertz CT molecular complexity index is 684. The van der Waals surface area contributed by atoms with Crippen LogP contribution in [0.2, 0.25) is 5.02 Å². The molecule has 1 aromatic carbocycles. The number of hydrogen-bond donors (Lipinski definition) is 1. The second kappa shape index (κ2) is 8.36. The molecule has 2 aromatic rings. The second-order valence-corrected chi connectivity index (χ2v) is 7.56. The Morgan fingerprint density at radius 3 is 2.75 bits per heavy atom. The third-order valence-corrected chi connectivity index (χ3v) is 5.46. The molecule has 0 radical (unpaired) electrons. The molecule has 1 aliphatic rings. The molecule has 1 aliphatic heterocycles. The highest BCUT2D eigenvalue weighted by Crippen LogP contribution is 2.25. The Balaban J connectivity index is 1.70. The normalized spacial score (nSPS) is 16.8. The number of furan rings is 1. The van der Waals surface area contributed by atoms with Crippen molar-refractivity contribution >= 4 is 40.1 Å². The van der Waals surface area contributed by atoms with E-state index in [1.165, 1.54) is 19.3 Å². The molecule has 2 heterocycles. The van der Waals surface area contributed by atoms with Crippen molar-refractivity contribution in [3.8, 4) is 0 Å². The molecule has 128 valence electrons. The first-order valence-corrected chi connectivity index (χ1v) is 9.61. The quantitative estimate of drug-likeness (QED) is 0.671. The maximum absolute atomic E-state index is 12.5. The predicted molar refractivity (Wildman–Crippen MR) is 103 cm³/mol. The van der Waals surface area contributed by atoms with E-state index in [0.717, 1.165) is 22.4 Å². The van der Waals surface area contributed by atoms with Crippen molar-refractivity contribution in [1.29, 1.82) is 0 Å². The average molecular weight is 459 g/mol. The van der Waals surface area contributed by atoms with Crippen molar-refractivity contribution in [1.82, 2.24) is 10.2 Å². The summed E-state index contributed by atoms with van der Waals surface area (Å²) >= 11 is 8.10. The molecule has 1 fully saturated rings. The van der Waals surface area contributed by atoms with Gasteiger partial charge in [-0.15, -0.1) is 0 Å². The maximum atomic E-state index is 12.5. The smallest absolute Gasteiger partial charge is 0.252 e. The molecular weight excluding hydrogens is 439 g/mol. The van der Waals surface area contributed by atoms with Crippen molar-refractivity contribution < 1.29 is 9.21 Å². The van der Waals surface area contributed by atoms with Gasteiger partial charge in [-0.1, -0.05) is 18.0 Å². The molecule has 0 spiro atoms. The van der Waals surface area contributed by atoms with Gasteiger partial charge in [0.25, 0.3) is 5.91 Å². The van der Waals surface area contributed by atoms with Gasteiger partial charge < -0.3 is 9.73 Å². The zero-order valence-electron chi connectivity index (χ0n) is 13.3. The molecule has 0 saturated carbocycles. The van der Waals surface area contributed by atoms with Crippen LogP contribution in [-0.2, 0) is 0 Å². The molecule has 0 bridgehead atoms. The minimum atomic E-state index is -0.0790. The van der Waals surface area contributed by atoms with Gasteiger partial charge in [-0.3, -0.25) is 9.69 Å². The van der Waals surface area contributed by atoms with Gasteiger partial charge in [0.1, 0.15) is 5.76 Å². The number of carbonyl (C=O) groups excluding carboxylic acids is 1. The number of piperidine rings is 1. The molecule has 1 saturated heterocycles. The Hall–Kier alpha value is -1.05. The number of amides is 1. The third kappa shape index (κ3) is 4.32. The highest BCUT2D eigenvalue weighted by Gasteiger charge is 2.25. The van der Waals surface area contributed by atoms with Crippen molar-refractivity contribution in [3.05, 3.63) is 56.5 Å². The summed E-state index contributed by atoms with van der Waals surface area (Å²) in [5.41, 5.74) is 0.650. The predicted octanol–water partition coefficient (Wildman–Crippen LogP) is 4.49. The lowest BCUT2D eigenvalue weighted by atomic mass is 10.1. The first-order valence-electron chi connectivity index (χ1n) is 8.16. The summed E-state index contributed by atoms with van der Waals surface area (Å²) in [4.78, 5) is 14.9. The van der Waals surface area contributed by atoms with E-state index in [1.807, 2.05) is 12.1 Å². The average Bonchev–Trinajstić information content (AvgIpc) is 3.10. The summed E-state index contributed by atoms with van der Waals surface area (Å²) in [6.45, 7) is 2.62. The van der Waals surface area contributed by atoms with E-state index in [0.29, 0.717) is 17.1 Å². The van der Waals surface area contributed by atoms with E-state index in [2.05, 4.69) is 32.8 Å². The van der Waals surface area contributed by atoms with Gasteiger partial charge >= 0.3 is 0 Å². The van der Waals surface area contributed by atoms with E-state index >= 15 is 0 Å². The molecular formula is C18H20ClIN2O2. The lowest BCUT2D eigenvalue weighted by Gasteiger charge is -2.33. The van der Waals surface area contributed by atoms with Crippen LogP contribution in [0.25, 0.3) is 0 Å². The van der Waals surface area contributed by atoms with Gasteiger partial charge in [-0.25, -0.2) is 0 Å². The molecule has 1 atom stereocenters. The summed E-state index contributed by atoms with van der Waals surface area (Å²) in [6, 6.07) is 9.27. The summed E-state index contributed by atoms with van der Waals surface area (Å²) in [7, 11) is 0. The van der Waals surface area contributed by atoms with Gasteiger partial charge in [0.15, 0.2) is 0 Å². The minimum Gasteiger partial charge on any atom is -0.468 e. The number of nitrogens with zero attached hydrogens (tertiary/aromatic N) is 1. The second-order valence-electron chi connectivity index (χ2n) is 5.96.